The molecule has 0 heterocycles. The average molecular weight is 378 g/mol. The molecule has 0 bridgehead atoms. The summed E-state index contributed by atoms with van der Waals surface area (Å²) in [6, 6.07) is 12.2. The Bertz CT molecular complexity index is 780. The zero-order valence-electron chi connectivity index (χ0n) is 15.1. The molecule has 0 aliphatic carbocycles. The Kier molecular flexibility index (Phi) is 7.93. The lowest BCUT2D eigenvalue weighted by atomic mass is 10.1. The lowest BCUT2D eigenvalue weighted by Gasteiger charge is -2.21. The third kappa shape index (κ3) is 5.39. The Balaban J connectivity index is 0.00000338. The molecule has 0 fully saturated rings. The molecule has 0 aliphatic heterocycles. The van der Waals surface area contributed by atoms with Crippen molar-refractivity contribution in [3.8, 4) is 5.75 Å². The Morgan fingerprint density at radius 2 is 1.92 bits per heavy atom. The summed E-state index contributed by atoms with van der Waals surface area (Å²) in [6.45, 7) is 4.05. The van der Waals surface area contributed by atoms with Crippen LogP contribution in [0.3, 0.4) is 0 Å². The molecule has 0 unspecified atom stereocenters. The number of amides is 2. The van der Waals surface area contributed by atoms with Crippen LogP contribution in [0.25, 0.3) is 0 Å². The molecule has 0 aromatic heterocycles. The maximum absolute atomic E-state index is 12.7. The first kappa shape index (κ1) is 21.3. The first-order valence-electron chi connectivity index (χ1n) is 8.04. The van der Waals surface area contributed by atoms with Gasteiger partial charge in [-0.25, -0.2) is 0 Å². The molecule has 3 N–H and O–H groups in total. The van der Waals surface area contributed by atoms with Crippen LogP contribution in [-0.4, -0.2) is 36.9 Å². The van der Waals surface area contributed by atoms with Crippen LogP contribution in [-0.2, 0) is 4.79 Å². The highest BCUT2D eigenvalue weighted by Gasteiger charge is 2.19. The van der Waals surface area contributed by atoms with Crippen molar-refractivity contribution in [3.05, 3.63) is 53.6 Å². The van der Waals surface area contributed by atoms with Gasteiger partial charge in [0, 0.05) is 29.5 Å². The molecule has 0 spiro atoms. The lowest BCUT2D eigenvalue weighted by molar-refractivity contribution is -0.116. The minimum absolute atomic E-state index is 0. The number of halogens is 1. The van der Waals surface area contributed by atoms with E-state index in [1.165, 1.54) is 4.90 Å². The second kappa shape index (κ2) is 9.68. The highest BCUT2D eigenvalue weighted by Crippen LogP contribution is 2.17. The minimum atomic E-state index is -0.273. The normalized spacial score (nSPS) is 9.81. The number of hydrogen-bond donors (Lipinski definition) is 2. The number of hydrogen-bond acceptors (Lipinski definition) is 4. The predicted octanol–water partition coefficient (Wildman–Crippen LogP) is 3.11. The summed E-state index contributed by atoms with van der Waals surface area (Å²) >= 11 is 0. The van der Waals surface area contributed by atoms with Crippen molar-refractivity contribution < 1.29 is 14.3 Å². The van der Waals surface area contributed by atoms with Gasteiger partial charge in [-0.15, -0.1) is 12.4 Å². The number of ether oxygens (including phenoxy) is 1. The standard InChI is InChI=1S/C19H23N3O3.ClH/c1-4-22(19(24)17-10-14(20)9-8-13(17)2)12-18(23)21-15-6-5-7-16(11-15)25-3;/h5-11H,4,12,20H2,1-3H3,(H,21,23);1H. The third-order valence-electron chi connectivity index (χ3n) is 3.85. The molecule has 2 rings (SSSR count). The number of nitrogens with one attached hydrogen (secondary N) is 1. The van der Waals surface area contributed by atoms with E-state index in [4.69, 9.17) is 10.5 Å². The summed E-state index contributed by atoms with van der Waals surface area (Å²) in [7, 11) is 1.56. The highest BCUT2D eigenvalue weighted by molar-refractivity contribution is 6.00. The van der Waals surface area contributed by atoms with Crippen molar-refractivity contribution in [3.63, 3.8) is 0 Å². The summed E-state index contributed by atoms with van der Waals surface area (Å²) in [6.07, 6.45) is 0. The molecule has 2 aromatic carbocycles. The third-order valence-corrected chi connectivity index (χ3v) is 3.85. The number of nitrogens with two attached hydrogens (primary N) is 1. The molecule has 0 aliphatic rings. The second-order valence-electron chi connectivity index (χ2n) is 5.67. The topological polar surface area (TPSA) is 84.7 Å². The summed E-state index contributed by atoms with van der Waals surface area (Å²) in [5, 5.41) is 2.78. The molecular weight excluding hydrogens is 354 g/mol. The van der Waals surface area contributed by atoms with Crippen molar-refractivity contribution in [2.75, 3.05) is 31.2 Å². The van der Waals surface area contributed by atoms with Gasteiger partial charge in [0.25, 0.3) is 5.91 Å². The molecule has 6 nitrogen and oxygen atoms in total. The molecule has 140 valence electrons. The quantitative estimate of drug-likeness (QED) is 0.757. The monoisotopic (exact) mass is 377 g/mol. The number of benzene rings is 2. The van der Waals surface area contributed by atoms with Gasteiger partial charge in [0.2, 0.25) is 5.91 Å². The van der Waals surface area contributed by atoms with Crippen molar-refractivity contribution in [2.45, 2.75) is 13.8 Å². The molecule has 7 heteroatoms. The highest BCUT2D eigenvalue weighted by atomic mass is 35.5. The number of carbonyl (C=O) groups excluding carboxylic acids is 2. The van der Waals surface area contributed by atoms with E-state index in [9.17, 15) is 9.59 Å². The van der Waals surface area contributed by atoms with Crippen LogP contribution in [0, 0.1) is 6.92 Å². The minimum Gasteiger partial charge on any atom is -0.497 e. The Morgan fingerprint density at radius 1 is 1.19 bits per heavy atom. The summed E-state index contributed by atoms with van der Waals surface area (Å²) in [4.78, 5) is 26.5. The molecule has 0 atom stereocenters. The zero-order valence-corrected chi connectivity index (χ0v) is 15.9. The van der Waals surface area contributed by atoms with E-state index in [0.29, 0.717) is 29.2 Å². The van der Waals surface area contributed by atoms with E-state index < -0.39 is 0 Å². The lowest BCUT2D eigenvalue weighted by Crippen LogP contribution is -2.38. The number of carbonyl (C=O) groups is 2. The van der Waals surface area contributed by atoms with E-state index in [0.717, 1.165) is 5.56 Å². The van der Waals surface area contributed by atoms with Gasteiger partial charge in [0.1, 0.15) is 12.3 Å². The fraction of sp³-hybridized carbons (Fsp3) is 0.263. The van der Waals surface area contributed by atoms with Gasteiger partial charge in [0.15, 0.2) is 0 Å². The number of aryl methyl sites for hydroxylation is 1. The number of nitrogens with zero attached hydrogens (tertiary/aromatic N) is 1. The van der Waals surface area contributed by atoms with Gasteiger partial charge in [-0.3, -0.25) is 9.59 Å². The summed E-state index contributed by atoms with van der Waals surface area (Å²) in [5.41, 5.74) is 8.25. The molecule has 2 amide bonds. The molecule has 26 heavy (non-hydrogen) atoms. The van der Waals surface area contributed by atoms with E-state index in [-0.39, 0.29) is 30.8 Å². The maximum atomic E-state index is 12.7. The van der Waals surface area contributed by atoms with E-state index in [2.05, 4.69) is 5.32 Å². The molecular formula is C19H24ClN3O3. The summed E-state index contributed by atoms with van der Waals surface area (Å²) < 4.78 is 5.13. The predicted molar refractivity (Wildman–Crippen MR) is 106 cm³/mol. The van der Waals surface area contributed by atoms with Crippen LogP contribution in [0.2, 0.25) is 0 Å². The number of likely N-dealkylation sites (N-methyl/N-ethyl adjacent to an activating group) is 1. The van der Waals surface area contributed by atoms with Crippen molar-refractivity contribution in [1.29, 1.82) is 0 Å². The smallest absolute Gasteiger partial charge is 0.254 e. The van der Waals surface area contributed by atoms with E-state index in [1.54, 1.807) is 49.6 Å². The summed E-state index contributed by atoms with van der Waals surface area (Å²) in [5.74, 6) is 0.162. The van der Waals surface area contributed by atoms with Crippen LogP contribution in [0.4, 0.5) is 11.4 Å². The number of rotatable bonds is 6. The van der Waals surface area contributed by atoms with Gasteiger partial charge < -0.3 is 20.7 Å². The van der Waals surface area contributed by atoms with Gasteiger partial charge in [-0.2, -0.15) is 0 Å². The number of nitrogen functional groups attached to an aromatic ring is 1. The largest absolute Gasteiger partial charge is 0.497 e. The zero-order chi connectivity index (χ0) is 18.4. The van der Waals surface area contributed by atoms with Gasteiger partial charge in [-0.1, -0.05) is 12.1 Å². The molecule has 0 saturated heterocycles. The van der Waals surface area contributed by atoms with Crippen LogP contribution < -0.4 is 15.8 Å². The van der Waals surface area contributed by atoms with Crippen molar-refractivity contribution in [1.82, 2.24) is 4.90 Å². The fourth-order valence-corrected chi connectivity index (χ4v) is 2.44. The van der Waals surface area contributed by atoms with E-state index in [1.807, 2.05) is 13.8 Å². The first-order valence-corrected chi connectivity index (χ1v) is 8.04. The maximum Gasteiger partial charge on any atom is 0.254 e. The Hall–Kier alpha value is -2.73. The molecule has 2 aromatic rings. The number of methoxy groups -OCH3 is 1. The SMILES string of the molecule is CCN(CC(=O)Nc1cccc(OC)c1)C(=O)c1cc(N)ccc1C.Cl. The van der Waals surface area contributed by atoms with Crippen LogP contribution in [0.5, 0.6) is 5.75 Å². The van der Waals surface area contributed by atoms with E-state index >= 15 is 0 Å². The fourth-order valence-electron chi connectivity index (χ4n) is 2.44. The van der Waals surface area contributed by atoms with Crippen LogP contribution in [0.15, 0.2) is 42.5 Å². The Morgan fingerprint density at radius 3 is 2.58 bits per heavy atom. The van der Waals surface area contributed by atoms with Crippen LogP contribution >= 0.6 is 12.4 Å². The molecule has 0 saturated carbocycles. The first-order chi connectivity index (χ1) is 11.9. The second-order valence-corrected chi connectivity index (χ2v) is 5.67. The van der Waals surface area contributed by atoms with Crippen LogP contribution in [0.1, 0.15) is 22.8 Å². The van der Waals surface area contributed by atoms with Gasteiger partial charge in [-0.05, 0) is 43.7 Å². The molecule has 0 radical (unpaired) electrons. The average Bonchev–Trinajstić information content (AvgIpc) is 2.61. The Labute approximate surface area is 159 Å². The van der Waals surface area contributed by atoms with Crippen molar-refractivity contribution in [2.24, 2.45) is 0 Å². The number of anilines is 2. The van der Waals surface area contributed by atoms with Gasteiger partial charge >= 0.3 is 0 Å². The van der Waals surface area contributed by atoms with Gasteiger partial charge in [0.05, 0.1) is 7.11 Å². The van der Waals surface area contributed by atoms with Crippen molar-refractivity contribution >= 4 is 35.6 Å².